The van der Waals surface area contributed by atoms with Crippen molar-refractivity contribution >= 4 is 60.7 Å². The van der Waals surface area contributed by atoms with Crippen molar-refractivity contribution in [3.05, 3.63) is 35.4 Å². The molecule has 2 N–H and O–H groups in total. The lowest BCUT2D eigenvalue weighted by atomic mass is 10.1. The number of benzene rings is 1. The van der Waals surface area contributed by atoms with E-state index in [1.807, 2.05) is 0 Å². The highest BCUT2D eigenvalue weighted by molar-refractivity contribution is 9.09. The second-order valence-electron chi connectivity index (χ2n) is 3.53. The van der Waals surface area contributed by atoms with Crippen LogP contribution in [0, 0.1) is 0 Å². The van der Waals surface area contributed by atoms with Gasteiger partial charge in [-0.25, -0.2) is 5.90 Å². The Balaban J connectivity index is 0.000000583. The van der Waals surface area contributed by atoms with Crippen LogP contribution in [0.25, 0.3) is 0 Å². The average Bonchev–Trinajstić information content (AvgIpc) is 2.71. The van der Waals surface area contributed by atoms with Crippen LogP contribution >= 0.6 is 48.8 Å². The molecule has 0 saturated carbocycles. The largest absolute Gasteiger partial charge is 0.304 e. The molecule has 0 aliphatic carbocycles. The number of halogens is 3. The molecule has 118 valence electrons. The van der Waals surface area contributed by atoms with Crippen LogP contribution in [0.5, 0.6) is 0 Å². The molecule has 0 unspecified atom stereocenters. The molecule has 0 saturated heterocycles. The molecule has 1 aromatic carbocycles. The third-order valence-electron chi connectivity index (χ3n) is 2.25. The molecular weight excluding hydrogens is 476 g/mol. The van der Waals surface area contributed by atoms with Gasteiger partial charge in [-0.05, 0) is 12.1 Å². The summed E-state index contributed by atoms with van der Waals surface area (Å²) in [6.45, 7) is 0.867. The monoisotopic (exact) mass is 488 g/mol. The average molecular weight is 491 g/mol. The van der Waals surface area contributed by atoms with Gasteiger partial charge in [-0.15, -0.1) is 22.0 Å². The zero-order chi connectivity index (χ0) is 15.0. The van der Waals surface area contributed by atoms with Gasteiger partial charge in [-0.3, -0.25) is 14.4 Å². The van der Waals surface area contributed by atoms with Crippen molar-refractivity contribution < 1.29 is 19.3 Å². The maximum absolute atomic E-state index is 11.7. The number of carbonyl (C=O) groups is 2. The molecule has 0 spiro atoms. The predicted octanol–water partition coefficient (Wildman–Crippen LogP) is 2.46. The van der Waals surface area contributed by atoms with Gasteiger partial charge in [0.15, 0.2) is 0 Å². The zero-order valence-corrected chi connectivity index (χ0v) is 15.8. The molecule has 0 bridgehead atoms. The normalized spacial score (nSPS) is 12.4. The number of hydrogen-bond donors (Lipinski definition) is 1. The van der Waals surface area contributed by atoms with Gasteiger partial charge in [-0.1, -0.05) is 44.0 Å². The highest BCUT2D eigenvalue weighted by Gasteiger charge is 2.36. The van der Waals surface area contributed by atoms with E-state index in [4.69, 9.17) is 4.84 Å². The quantitative estimate of drug-likeness (QED) is 0.389. The Bertz CT molecular complexity index is 437. The van der Waals surface area contributed by atoms with E-state index in [2.05, 4.69) is 42.6 Å². The van der Waals surface area contributed by atoms with Gasteiger partial charge in [0.05, 0.1) is 24.3 Å². The summed E-state index contributed by atoms with van der Waals surface area (Å²) in [4.78, 5) is 32.5. The molecule has 2 rings (SSSR count). The van der Waals surface area contributed by atoms with Gasteiger partial charge < -0.3 is 4.84 Å². The lowest BCUT2D eigenvalue weighted by Crippen LogP contribution is -2.30. The maximum Gasteiger partial charge on any atom is 0.285 e. The number of rotatable bonds is 5. The fourth-order valence-corrected chi connectivity index (χ4v) is 1.79. The van der Waals surface area contributed by atoms with E-state index < -0.39 is 11.8 Å². The maximum atomic E-state index is 11.7. The Morgan fingerprint density at radius 2 is 1.48 bits per heavy atom. The fourth-order valence-electron chi connectivity index (χ4n) is 1.45. The minimum atomic E-state index is -0.392. The van der Waals surface area contributed by atoms with E-state index >= 15 is 0 Å². The van der Waals surface area contributed by atoms with Crippen molar-refractivity contribution in [2.75, 3.05) is 23.9 Å². The molecule has 2 amide bonds. The van der Waals surface area contributed by atoms with E-state index in [-0.39, 0.29) is 23.6 Å². The van der Waals surface area contributed by atoms with Gasteiger partial charge in [0.25, 0.3) is 11.8 Å². The Labute approximate surface area is 149 Å². The van der Waals surface area contributed by atoms with Crippen LogP contribution in [-0.2, 0) is 9.68 Å². The molecule has 1 aliphatic heterocycles. The third-order valence-corrected chi connectivity index (χ3v) is 2.90. The predicted molar refractivity (Wildman–Crippen MR) is 90.9 cm³/mol. The summed E-state index contributed by atoms with van der Waals surface area (Å²) in [6, 6.07) is 6.68. The van der Waals surface area contributed by atoms with Gasteiger partial charge in [0, 0.05) is 10.7 Å². The fraction of sp³-hybridized carbons (Fsp3) is 0.333. The van der Waals surface area contributed by atoms with Crippen LogP contribution in [-0.4, -0.2) is 40.8 Å². The number of amides is 2. The van der Waals surface area contributed by atoms with Gasteiger partial charge in [0.2, 0.25) is 0 Å². The summed E-state index contributed by atoms with van der Waals surface area (Å²) >= 11 is 6.26. The number of hydroxylamine groups is 2. The Hall–Kier alpha value is -0.320. The molecule has 1 aromatic rings. The second kappa shape index (κ2) is 11.3. The number of alkyl halides is 2. The molecule has 6 nitrogen and oxygen atoms in total. The minimum absolute atomic E-state index is 0. The smallest absolute Gasteiger partial charge is 0.285 e. The van der Waals surface area contributed by atoms with E-state index in [1.165, 1.54) is 0 Å². The lowest BCUT2D eigenvalue weighted by Gasteiger charge is -2.11. The summed E-state index contributed by atoms with van der Waals surface area (Å²) in [5, 5.41) is 2.19. The Morgan fingerprint density at radius 3 is 1.81 bits per heavy atom. The topological polar surface area (TPSA) is 81.9 Å². The van der Waals surface area contributed by atoms with Gasteiger partial charge in [-0.2, -0.15) is 0 Å². The Morgan fingerprint density at radius 1 is 1.00 bits per heavy atom. The van der Waals surface area contributed by atoms with E-state index in [9.17, 15) is 9.59 Å². The van der Waals surface area contributed by atoms with Crippen molar-refractivity contribution in [3.63, 3.8) is 0 Å². The van der Waals surface area contributed by atoms with Crippen LogP contribution in [0.15, 0.2) is 24.3 Å². The molecule has 1 heterocycles. The summed E-state index contributed by atoms with van der Waals surface area (Å²) in [6.07, 6.45) is 0. The lowest BCUT2D eigenvalue weighted by molar-refractivity contribution is -0.0850. The Kier molecular flexibility index (Phi) is 11.1. The van der Waals surface area contributed by atoms with Gasteiger partial charge >= 0.3 is 0 Å². The highest BCUT2D eigenvalue weighted by atomic mass is 79.9. The van der Waals surface area contributed by atoms with Crippen molar-refractivity contribution in [2.24, 2.45) is 5.90 Å². The molecule has 9 heteroatoms. The second-order valence-corrected chi connectivity index (χ2v) is 5.12. The summed E-state index contributed by atoms with van der Waals surface area (Å²) in [7, 11) is 0. The zero-order valence-electron chi connectivity index (χ0n) is 11.0. The number of imide groups is 1. The summed E-state index contributed by atoms with van der Waals surface area (Å²) in [5.74, 6) is 3.82. The first-order valence-electron chi connectivity index (χ1n) is 5.71. The van der Waals surface area contributed by atoms with Crippen LogP contribution in [0.4, 0.5) is 0 Å². The van der Waals surface area contributed by atoms with Crippen molar-refractivity contribution in [1.29, 1.82) is 0 Å². The minimum Gasteiger partial charge on any atom is -0.304 e. The first kappa shape index (κ1) is 20.7. The first-order valence-corrected chi connectivity index (χ1v) is 7.96. The van der Waals surface area contributed by atoms with E-state index in [0.717, 1.165) is 10.4 Å². The van der Waals surface area contributed by atoms with Crippen molar-refractivity contribution in [3.8, 4) is 0 Å². The molecule has 0 radical (unpaired) electrons. The third kappa shape index (κ3) is 5.76. The molecule has 0 aromatic heterocycles. The van der Waals surface area contributed by atoms with E-state index in [1.54, 1.807) is 24.3 Å². The van der Waals surface area contributed by atoms with E-state index in [0.29, 0.717) is 23.1 Å². The first-order chi connectivity index (χ1) is 9.67. The number of nitrogens with two attached hydrogens (primary N) is 1. The van der Waals surface area contributed by atoms with Crippen LogP contribution in [0.3, 0.4) is 0 Å². The van der Waals surface area contributed by atoms with Gasteiger partial charge in [0.1, 0.15) is 0 Å². The van der Waals surface area contributed by atoms with Crippen LogP contribution < -0.4 is 5.90 Å². The molecular formula is C12H15Br3N2O4. The standard InChI is InChI=1S/C10H8BrNO3.C2H6BrNO.BrH/c11-5-6-15-12-9(13)7-3-1-2-4-8(7)10(12)14;3-1-2-5-4;/h1-4H,5-6H2;1-2,4H2;1H. The summed E-state index contributed by atoms with van der Waals surface area (Å²) in [5.41, 5.74) is 0.800. The van der Waals surface area contributed by atoms with Crippen LogP contribution in [0.1, 0.15) is 20.7 Å². The molecule has 1 aliphatic rings. The highest BCUT2D eigenvalue weighted by Crippen LogP contribution is 2.22. The molecule has 21 heavy (non-hydrogen) atoms. The molecule has 0 atom stereocenters. The van der Waals surface area contributed by atoms with Crippen molar-refractivity contribution in [1.82, 2.24) is 5.06 Å². The summed E-state index contributed by atoms with van der Waals surface area (Å²) < 4.78 is 0. The number of hydrogen-bond acceptors (Lipinski definition) is 5. The SMILES string of the molecule is Br.NOCCBr.O=C1c2ccccc2C(=O)N1OCCBr. The number of nitrogens with zero attached hydrogens (tertiary/aromatic N) is 1. The van der Waals surface area contributed by atoms with Crippen LogP contribution in [0.2, 0.25) is 0 Å². The molecule has 0 fully saturated rings. The number of fused-ring (bicyclic) bond motifs is 1. The van der Waals surface area contributed by atoms with Crippen molar-refractivity contribution in [2.45, 2.75) is 0 Å². The number of carbonyl (C=O) groups excluding carboxylic acids is 2.